The second kappa shape index (κ2) is 15.6. The molecule has 1 fully saturated rings. The van der Waals surface area contributed by atoms with Crippen molar-refractivity contribution in [2.75, 3.05) is 0 Å². The zero-order valence-corrected chi connectivity index (χ0v) is 28.5. The summed E-state index contributed by atoms with van der Waals surface area (Å²) in [5.74, 6) is -0.174. The van der Waals surface area contributed by atoms with E-state index in [0.29, 0.717) is 24.8 Å². The first kappa shape index (κ1) is 36.9. The summed E-state index contributed by atoms with van der Waals surface area (Å²) in [7, 11) is 0. The van der Waals surface area contributed by atoms with Crippen LogP contribution in [0, 0.1) is 10.8 Å². The summed E-state index contributed by atoms with van der Waals surface area (Å²) < 4.78 is 0. The molecule has 44 heavy (non-hydrogen) atoms. The predicted molar refractivity (Wildman–Crippen MR) is 185 cm³/mol. The van der Waals surface area contributed by atoms with E-state index >= 15 is 0 Å². The average Bonchev–Trinajstić information content (AvgIpc) is 2.87. The molecule has 0 radical (unpaired) electrons. The van der Waals surface area contributed by atoms with Gasteiger partial charge in [0.05, 0.1) is 11.7 Å². The Hall–Kier alpha value is -3.27. The van der Waals surface area contributed by atoms with Gasteiger partial charge in [-0.25, -0.2) is 0 Å². The van der Waals surface area contributed by atoms with Crippen LogP contribution in [-0.4, -0.2) is 38.9 Å². The van der Waals surface area contributed by atoms with Crippen LogP contribution >= 0.6 is 0 Å². The first-order valence-electron chi connectivity index (χ1n) is 15.6. The molecule has 2 rings (SSSR count). The van der Waals surface area contributed by atoms with Gasteiger partial charge in [-0.3, -0.25) is 4.79 Å². The van der Waals surface area contributed by atoms with E-state index in [-0.39, 0.29) is 16.6 Å². The van der Waals surface area contributed by atoms with Crippen LogP contribution in [0.3, 0.4) is 0 Å². The molecule has 0 aromatic carbocycles. The molecule has 0 bridgehead atoms. The highest BCUT2D eigenvalue weighted by Crippen LogP contribution is 2.45. The van der Waals surface area contributed by atoms with Gasteiger partial charge in [0, 0.05) is 12.0 Å². The Labute approximate surface area is 266 Å². The van der Waals surface area contributed by atoms with E-state index in [2.05, 4.69) is 51.7 Å². The Morgan fingerprint density at radius 1 is 0.727 bits per heavy atom. The zero-order chi connectivity index (χ0) is 33.3. The lowest BCUT2D eigenvalue weighted by Gasteiger charge is -2.43. The second-order valence-corrected chi connectivity index (χ2v) is 14.0. The molecule has 0 unspecified atom stereocenters. The Bertz CT molecular complexity index is 1400. The van der Waals surface area contributed by atoms with Crippen molar-refractivity contribution in [3.8, 4) is 0 Å². The number of rotatable bonds is 9. The monoisotopic (exact) mass is 598 g/mol. The van der Waals surface area contributed by atoms with Gasteiger partial charge in [0.1, 0.15) is 6.10 Å². The fourth-order valence-electron chi connectivity index (χ4n) is 6.06. The summed E-state index contributed by atoms with van der Waals surface area (Å²) in [5.41, 5.74) is 8.52. The molecule has 3 N–H and O–H groups in total. The van der Waals surface area contributed by atoms with E-state index in [1.807, 2.05) is 88.5 Å². The molecule has 3 atom stereocenters. The van der Waals surface area contributed by atoms with Gasteiger partial charge in [0.25, 0.3) is 0 Å². The molecule has 0 spiro atoms. The van der Waals surface area contributed by atoms with Gasteiger partial charge in [0.2, 0.25) is 0 Å². The third kappa shape index (κ3) is 11.0. The van der Waals surface area contributed by atoms with Gasteiger partial charge in [0.15, 0.2) is 5.78 Å². The summed E-state index contributed by atoms with van der Waals surface area (Å²) in [5, 5.41) is 31.0. The largest absolute Gasteiger partial charge is 0.393 e. The van der Waals surface area contributed by atoms with Gasteiger partial charge >= 0.3 is 0 Å². The molecule has 0 aliphatic heterocycles. The first-order valence-corrected chi connectivity index (χ1v) is 15.6. The lowest BCUT2D eigenvalue weighted by atomic mass is 9.65. The van der Waals surface area contributed by atoms with Crippen LogP contribution in [-0.2, 0) is 4.79 Å². The third-order valence-corrected chi connectivity index (χ3v) is 8.33. The van der Waals surface area contributed by atoms with E-state index in [1.165, 1.54) is 0 Å². The van der Waals surface area contributed by atoms with E-state index in [4.69, 9.17) is 0 Å². The van der Waals surface area contributed by atoms with Gasteiger partial charge in [-0.05, 0) is 88.0 Å². The van der Waals surface area contributed by atoms with Crippen molar-refractivity contribution in [2.45, 2.75) is 106 Å². The van der Waals surface area contributed by atoms with Crippen LogP contribution in [0.2, 0.25) is 0 Å². The fraction of sp³-hybridized carbons (Fsp3) is 0.450. The zero-order valence-electron chi connectivity index (χ0n) is 28.5. The van der Waals surface area contributed by atoms with Crippen molar-refractivity contribution < 1.29 is 20.1 Å². The lowest BCUT2D eigenvalue weighted by molar-refractivity contribution is -0.125. The quantitative estimate of drug-likeness (QED) is 0.183. The minimum Gasteiger partial charge on any atom is -0.393 e. The van der Waals surface area contributed by atoms with Crippen LogP contribution in [0.25, 0.3) is 0 Å². The van der Waals surface area contributed by atoms with Crippen LogP contribution in [0.5, 0.6) is 0 Å². The van der Waals surface area contributed by atoms with E-state index in [0.717, 1.165) is 33.4 Å². The molecule has 4 nitrogen and oxygen atoms in total. The number of ketones is 1. The van der Waals surface area contributed by atoms with Crippen LogP contribution < -0.4 is 0 Å². The summed E-state index contributed by atoms with van der Waals surface area (Å²) in [6.07, 6.45) is 26.3. The number of aliphatic hydroxyl groups is 3. The summed E-state index contributed by atoms with van der Waals surface area (Å²) in [6.45, 7) is 19.9. The number of aliphatic hydroxyl groups excluding tert-OH is 2. The SMILES string of the molecule is CC1=C(/C=C/C(C)=C\C=C\C(C)=C\C=C\C=C(C)\C=C\C=C(/C)C=C=C2C(C)(C)C[C@H](O)C[C@@]2(C)O)C(C)(C)C[C@H](O)C1=O. The molecule has 0 aromatic heterocycles. The van der Waals surface area contributed by atoms with Gasteiger partial charge in [-0.1, -0.05) is 117 Å². The molecule has 4 heteroatoms. The van der Waals surface area contributed by atoms with Crippen molar-refractivity contribution in [1.29, 1.82) is 0 Å². The van der Waals surface area contributed by atoms with E-state index in [1.54, 1.807) is 13.8 Å². The number of hydrogen-bond acceptors (Lipinski definition) is 4. The number of allylic oxidation sites excluding steroid dienone is 17. The summed E-state index contributed by atoms with van der Waals surface area (Å²) in [6, 6.07) is 0. The van der Waals surface area contributed by atoms with Crippen molar-refractivity contribution >= 4 is 5.78 Å². The Morgan fingerprint density at radius 2 is 1.23 bits per heavy atom. The second-order valence-electron chi connectivity index (χ2n) is 14.0. The van der Waals surface area contributed by atoms with Crippen LogP contribution in [0.4, 0.5) is 0 Å². The standard InChI is InChI=1S/C40H54O4/c1-28(17-13-19-30(3)21-23-34-32(5)37(43)35(42)27-38(34,6)7)15-11-12-16-29(2)18-14-20-31(4)22-24-36-39(8,9)25-33(41)26-40(36,10)44/h11-23,33,35,41-42,44H,25-27H2,1-10H3/b12-11+,17-13+,18-14+,23-21+,28-15+,29-16+,30-19-,31-20+/t24?,33-,35-,40+/m0/s1. The van der Waals surface area contributed by atoms with Crippen LogP contribution in [0.15, 0.2) is 124 Å². The van der Waals surface area contributed by atoms with Crippen LogP contribution in [0.1, 0.15) is 88.5 Å². The highest BCUT2D eigenvalue weighted by Gasteiger charge is 2.44. The maximum Gasteiger partial charge on any atom is 0.187 e. The van der Waals surface area contributed by atoms with Gasteiger partial charge in [-0.15, -0.1) is 5.73 Å². The predicted octanol–water partition coefficient (Wildman–Crippen LogP) is 8.69. The Kier molecular flexibility index (Phi) is 13.1. The minimum atomic E-state index is -1.06. The topological polar surface area (TPSA) is 77.8 Å². The molecule has 0 amide bonds. The van der Waals surface area contributed by atoms with Crippen molar-refractivity contribution in [3.63, 3.8) is 0 Å². The van der Waals surface area contributed by atoms with E-state index < -0.39 is 17.8 Å². The molecule has 2 aliphatic rings. The third-order valence-electron chi connectivity index (χ3n) is 8.33. The fourth-order valence-corrected chi connectivity index (χ4v) is 6.06. The smallest absolute Gasteiger partial charge is 0.187 e. The normalized spacial score (nSPS) is 27.4. The van der Waals surface area contributed by atoms with Crippen molar-refractivity contribution in [2.24, 2.45) is 10.8 Å². The Morgan fingerprint density at radius 3 is 1.77 bits per heavy atom. The maximum absolute atomic E-state index is 12.2. The maximum atomic E-state index is 12.2. The minimum absolute atomic E-state index is 0.174. The highest BCUT2D eigenvalue weighted by atomic mass is 16.3. The van der Waals surface area contributed by atoms with Gasteiger partial charge in [-0.2, -0.15) is 0 Å². The molecular weight excluding hydrogens is 544 g/mol. The molecular formula is C40H54O4. The molecule has 2 aliphatic carbocycles. The van der Waals surface area contributed by atoms with Gasteiger partial charge < -0.3 is 15.3 Å². The molecule has 0 aromatic rings. The number of carbonyl (C=O) groups excluding carboxylic acids is 1. The molecule has 0 heterocycles. The highest BCUT2D eigenvalue weighted by molar-refractivity contribution is 6.00. The number of Topliss-reactive ketones (excluding diaryl/α,β-unsaturated/α-hetero) is 1. The molecule has 1 saturated carbocycles. The van der Waals surface area contributed by atoms with Crippen molar-refractivity contribution in [1.82, 2.24) is 0 Å². The Balaban J connectivity index is 1.97. The van der Waals surface area contributed by atoms with E-state index in [9.17, 15) is 20.1 Å². The summed E-state index contributed by atoms with van der Waals surface area (Å²) in [4.78, 5) is 12.2. The lowest BCUT2D eigenvalue weighted by Crippen LogP contribution is -2.45. The number of carbonyl (C=O) groups is 1. The summed E-state index contributed by atoms with van der Waals surface area (Å²) >= 11 is 0. The average molecular weight is 599 g/mol. The first-order chi connectivity index (χ1) is 20.4. The van der Waals surface area contributed by atoms with Crippen molar-refractivity contribution in [3.05, 3.63) is 124 Å². The molecule has 238 valence electrons. The number of hydrogen-bond donors (Lipinski definition) is 3. The molecule has 0 saturated heterocycles.